The van der Waals surface area contributed by atoms with Crippen LogP contribution in [0.2, 0.25) is 0 Å². The highest BCUT2D eigenvalue weighted by atomic mass is 16.5. The number of nitriles is 1. The molecule has 0 aromatic carbocycles. The molecule has 29 heavy (non-hydrogen) atoms. The molecule has 1 atom stereocenters. The van der Waals surface area contributed by atoms with Gasteiger partial charge in [0.2, 0.25) is 5.91 Å². The summed E-state index contributed by atoms with van der Waals surface area (Å²) in [6, 6.07) is 1.54. The zero-order valence-corrected chi connectivity index (χ0v) is 17.6. The van der Waals surface area contributed by atoms with Crippen molar-refractivity contribution in [2.75, 3.05) is 46.4 Å². The number of hydrogen-bond acceptors (Lipinski definition) is 5. The van der Waals surface area contributed by atoms with Gasteiger partial charge in [0.1, 0.15) is 11.6 Å². The Morgan fingerprint density at radius 3 is 2.41 bits per heavy atom. The predicted octanol–water partition coefficient (Wildman–Crippen LogP) is 1.47. The largest absolute Gasteiger partial charge is 0.378 e. The molecule has 2 aliphatic heterocycles. The van der Waals surface area contributed by atoms with Crippen molar-refractivity contribution in [1.29, 1.82) is 5.26 Å². The van der Waals surface area contributed by atoms with E-state index in [1.807, 2.05) is 7.05 Å². The van der Waals surface area contributed by atoms with Crippen LogP contribution in [0.3, 0.4) is 0 Å². The van der Waals surface area contributed by atoms with Crippen molar-refractivity contribution in [2.24, 2.45) is 5.92 Å². The standard InChI is InChI=1S/C21H35N5O3/c1-25-9-7-21(16-22,8-10-25)24-19(27)18(15-17-5-3-2-4-6-17)23-20(28)26-11-13-29-14-12-26/h17-18H,2-15H2,1H3,(H,23,28)(H,24,27)/t18-/m0/s1. The van der Waals surface area contributed by atoms with Gasteiger partial charge in [0.05, 0.1) is 19.3 Å². The first kappa shape index (κ1) is 21.8. The smallest absolute Gasteiger partial charge is 0.318 e. The normalized spacial score (nSPS) is 24.3. The summed E-state index contributed by atoms with van der Waals surface area (Å²) in [5.41, 5.74) is -0.835. The number of urea groups is 1. The Bertz CT molecular complexity index is 600. The molecule has 0 unspecified atom stereocenters. The summed E-state index contributed by atoms with van der Waals surface area (Å²) < 4.78 is 5.32. The highest BCUT2D eigenvalue weighted by molar-refractivity contribution is 5.87. The Kier molecular flexibility index (Phi) is 7.73. The predicted molar refractivity (Wildman–Crippen MR) is 109 cm³/mol. The average Bonchev–Trinajstić information content (AvgIpc) is 2.76. The number of ether oxygens (including phenoxy) is 1. The summed E-state index contributed by atoms with van der Waals surface area (Å²) >= 11 is 0. The SMILES string of the molecule is CN1CCC(C#N)(NC(=O)[C@H](CC2CCCCC2)NC(=O)N2CCOCC2)CC1. The van der Waals surface area contributed by atoms with E-state index in [-0.39, 0.29) is 11.9 Å². The van der Waals surface area contributed by atoms with E-state index in [1.165, 1.54) is 19.3 Å². The maximum atomic E-state index is 13.2. The molecule has 0 aromatic heterocycles. The van der Waals surface area contributed by atoms with Crippen LogP contribution < -0.4 is 10.6 Å². The molecule has 3 amide bonds. The molecule has 1 aliphatic carbocycles. The number of carbonyl (C=O) groups is 2. The quantitative estimate of drug-likeness (QED) is 0.722. The lowest BCUT2D eigenvalue weighted by Gasteiger charge is -2.37. The molecular formula is C21H35N5O3. The van der Waals surface area contributed by atoms with Gasteiger partial charge in [-0.25, -0.2) is 4.79 Å². The van der Waals surface area contributed by atoms with Crippen LogP contribution >= 0.6 is 0 Å². The van der Waals surface area contributed by atoms with E-state index in [4.69, 9.17) is 4.74 Å². The Hall–Kier alpha value is -1.85. The summed E-state index contributed by atoms with van der Waals surface area (Å²) in [6.07, 6.45) is 7.69. The minimum absolute atomic E-state index is 0.210. The Morgan fingerprint density at radius 1 is 1.14 bits per heavy atom. The highest BCUT2D eigenvalue weighted by Crippen LogP contribution is 2.28. The van der Waals surface area contributed by atoms with Gasteiger partial charge in [0.25, 0.3) is 0 Å². The van der Waals surface area contributed by atoms with Crippen LogP contribution in [-0.2, 0) is 9.53 Å². The molecule has 0 radical (unpaired) electrons. The van der Waals surface area contributed by atoms with Gasteiger partial charge in [-0.15, -0.1) is 0 Å². The first-order valence-electron chi connectivity index (χ1n) is 11.1. The summed E-state index contributed by atoms with van der Waals surface area (Å²) in [6.45, 7) is 3.69. The second-order valence-corrected chi connectivity index (χ2v) is 8.83. The molecule has 3 fully saturated rings. The number of rotatable bonds is 5. The van der Waals surface area contributed by atoms with Crippen LogP contribution in [0.5, 0.6) is 0 Å². The third-order valence-corrected chi connectivity index (χ3v) is 6.62. The van der Waals surface area contributed by atoms with Crippen molar-refractivity contribution in [1.82, 2.24) is 20.4 Å². The van der Waals surface area contributed by atoms with Crippen molar-refractivity contribution in [3.63, 3.8) is 0 Å². The molecule has 162 valence electrons. The van der Waals surface area contributed by atoms with Gasteiger partial charge >= 0.3 is 6.03 Å². The Morgan fingerprint density at radius 2 is 1.79 bits per heavy atom. The van der Waals surface area contributed by atoms with E-state index >= 15 is 0 Å². The lowest BCUT2D eigenvalue weighted by molar-refractivity contribution is -0.125. The van der Waals surface area contributed by atoms with Gasteiger partial charge < -0.3 is 25.2 Å². The lowest BCUT2D eigenvalue weighted by atomic mass is 9.84. The number of hydrogen-bond donors (Lipinski definition) is 2. The summed E-state index contributed by atoms with van der Waals surface area (Å²) in [5, 5.41) is 15.8. The minimum Gasteiger partial charge on any atom is -0.378 e. The number of likely N-dealkylation sites (tertiary alicyclic amines) is 1. The van der Waals surface area contributed by atoms with Crippen LogP contribution in [0.1, 0.15) is 51.4 Å². The zero-order valence-electron chi connectivity index (χ0n) is 17.6. The van der Waals surface area contributed by atoms with Crippen LogP contribution in [0.15, 0.2) is 0 Å². The van der Waals surface area contributed by atoms with Crippen LogP contribution in [0, 0.1) is 17.2 Å². The van der Waals surface area contributed by atoms with Gasteiger partial charge in [-0.1, -0.05) is 32.1 Å². The zero-order chi connectivity index (χ0) is 20.7. The topological polar surface area (TPSA) is 97.7 Å². The van der Waals surface area contributed by atoms with Crippen molar-refractivity contribution in [3.05, 3.63) is 0 Å². The summed E-state index contributed by atoms with van der Waals surface area (Å²) in [7, 11) is 2.03. The molecule has 2 N–H and O–H groups in total. The van der Waals surface area contributed by atoms with Crippen LogP contribution in [-0.4, -0.2) is 79.8 Å². The molecule has 3 rings (SSSR count). The molecule has 8 heteroatoms. The molecular weight excluding hydrogens is 370 g/mol. The number of nitrogens with zero attached hydrogens (tertiary/aromatic N) is 3. The van der Waals surface area contributed by atoms with Gasteiger partial charge in [-0.3, -0.25) is 4.79 Å². The molecule has 1 saturated carbocycles. The van der Waals surface area contributed by atoms with Gasteiger partial charge in [0.15, 0.2) is 0 Å². The number of carbonyl (C=O) groups excluding carboxylic acids is 2. The van der Waals surface area contributed by atoms with E-state index in [0.29, 0.717) is 51.5 Å². The number of piperidine rings is 1. The van der Waals surface area contributed by atoms with Gasteiger partial charge in [-0.2, -0.15) is 5.26 Å². The van der Waals surface area contributed by atoms with Crippen molar-refractivity contribution >= 4 is 11.9 Å². The maximum Gasteiger partial charge on any atom is 0.318 e. The van der Waals surface area contributed by atoms with Crippen molar-refractivity contribution < 1.29 is 14.3 Å². The fraction of sp³-hybridized carbons (Fsp3) is 0.857. The Labute approximate surface area is 173 Å². The minimum atomic E-state index is -0.835. The van der Waals surface area contributed by atoms with E-state index in [1.54, 1.807) is 4.90 Å². The van der Waals surface area contributed by atoms with E-state index in [9.17, 15) is 14.9 Å². The number of amides is 3. The van der Waals surface area contributed by atoms with E-state index in [0.717, 1.165) is 25.9 Å². The number of nitrogens with one attached hydrogen (secondary N) is 2. The van der Waals surface area contributed by atoms with E-state index in [2.05, 4.69) is 21.6 Å². The van der Waals surface area contributed by atoms with Crippen LogP contribution in [0.25, 0.3) is 0 Å². The third kappa shape index (κ3) is 6.06. The first-order valence-corrected chi connectivity index (χ1v) is 11.1. The fourth-order valence-electron chi connectivity index (χ4n) is 4.58. The maximum absolute atomic E-state index is 13.2. The molecule has 2 heterocycles. The second-order valence-electron chi connectivity index (χ2n) is 8.83. The summed E-state index contributed by atoms with van der Waals surface area (Å²) in [5.74, 6) is 0.225. The molecule has 0 aromatic rings. The highest BCUT2D eigenvalue weighted by Gasteiger charge is 2.38. The van der Waals surface area contributed by atoms with Gasteiger partial charge in [-0.05, 0) is 32.2 Å². The monoisotopic (exact) mass is 405 g/mol. The molecule has 8 nitrogen and oxygen atoms in total. The lowest BCUT2D eigenvalue weighted by Crippen LogP contribution is -2.60. The first-order chi connectivity index (χ1) is 14.0. The van der Waals surface area contributed by atoms with Crippen molar-refractivity contribution in [2.45, 2.75) is 62.9 Å². The Balaban J connectivity index is 1.66. The summed E-state index contributed by atoms with van der Waals surface area (Å²) in [4.78, 5) is 29.8. The second kappa shape index (κ2) is 10.3. The fourth-order valence-corrected chi connectivity index (χ4v) is 4.58. The molecule has 0 bridgehead atoms. The molecule has 2 saturated heterocycles. The molecule has 3 aliphatic rings. The average molecular weight is 406 g/mol. The van der Waals surface area contributed by atoms with Crippen molar-refractivity contribution in [3.8, 4) is 6.07 Å². The number of morpholine rings is 1. The third-order valence-electron chi connectivity index (χ3n) is 6.62. The van der Waals surface area contributed by atoms with Gasteiger partial charge in [0, 0.05) is 26.2 Å². The molecule has 0 spiro atoms. The van der Waals surface area contributed by atoms with E-state index < -0.39 is 11.6 Å². The van der Waals surface area contributed by atoms with Crippen LogP contribution in [0.4, 0.5) is 4.79 Å².